The topological polar surface area (TPSA) is 79.0 Å². The number of para-hydroxylation sites is 1. The molecule has 34 heavy (non-hydrogen) atoms. The molecule has 4 rings (SSSR count). The molecule has 0 bridgehead atoms. The second-order valence-electron chi connectivity index (χ2n) is 7.92. The van der Waals surface area contributed by atoms with Gasteiger partial charge in [0.05, 0.1) is 29.8 Å². The van der Waals surface area contributed by atoms with E-state index in [9.17, 15) is 13.2 Å². The van der Waals surface area contributed by atoms with Crippen LogP contribution in [0.4, 0.5) is 5.69 Å². The first-order valence-electron chi connectivity index (χ1n) is 11.3. The van der Waals surface area contributed by atoms with Crippen LogP contribution in [-0.4, -0.2) is 58.6 Å². The minimum atomic E-state index is -3.73. The predicted molar refractivity (Wildman–Crippen MR) is 135 cm³/mol. The zero-order valence-corrected chi connectivity index (χ0v) is 20.7. The van der Waals surface area contributed by atoms with Crippen LogP contribution in [0.2, 0.25) is 0 Å². The summed E-state index contributed by atoms with van der Waals surface area (Å²) in [4.78, 5) is 16.5. The Bertz CT molecular complexity index is 1160. The van der Waals surface area contributed by atoms with Gasteiger partial charge >= 0.3 is 0 Å². The SMILES string of the molecule is CCN(c1ccccc1)S(=O)(=O)c1ccc(C(=O)NCC(c2cccs2)N2CCOCC2)cc1. The van der Waals surface area contributed by atoms with Gasteiger partial charge in [-0.15, -0.1) is 11.3 Å². The van der Waals surface area contributed by atoms with E-state index >= 15 is 0 Å². The number of rotatable bonds is 9. The standard InChI is InChI=1S/C25H29N3O4S2/c1-2-28(21-7-4-3-5-8-21)34(30,31)22-12-10-20(11-13-22)25(29)26-19-23(24-9-6-18-33-24)27-14-16-32-17-15-27/h3-13,18,23H,2,14-17,19H2,1H3,(H,26,29). The van der Waals surface area contributed by atoms with E-state index in [-0.39, 0.29) is 16.8 Å². The van der Waals surface area contributed by atoms with Gasteiger partial charge in [-0.05, 0) is 54.8 Å². The predicted octanol–water partition coefficient (Wildman–Crippen LogP) is 3.77. The molecule has 1 fully saturated rings. The highest BCUT2D eigenvalue weighted by molar-refractivity contribution is 7.92. The van der Waals surface area contributed by atoms with E-state index in [0.717, 1.165) is 13.1 Å². The van der Waals surface area contributed by atoms with Crippen molar-refractivity contribution >= 4 is 33.0 Å². The lowest BCUT2D eigenvalue weighted by atomic mass is 10.1. The number of anilines is 1. The summed E-state index contributed by atoms with van der Waals surface area (Å²) in [5, 5.41) is 5.07. The third-order valence-electron chi connectivity index (χ3n) is 5.85. The molecule has 1 aliphatic rings. The van der Waals surface area contributed by atoms with E-state index in [4.69, 9.17) is 4.74 Å². The van der Waals surface area contributed by atoms with Crippen molar-refractivity contribution in [2.24, 2.45) is 0 Å². The lowest BCUT2D eigenvalue weighted by molar-refractivity contribution is 0.0169. The van der Waals surface area contributed by atoms with Crippen molar-refractivity contribution in [1.82, 2.24) is 10.2 Å². The van der Waals surface area contributed by atoms with Crippen LogP contribution in [0.1, 0.15) is 28.2 Å². The van der Waals surface area contributed by atoms with Gasteiger partial charge in [-0.3, -0.25) is 14.0 Å². The third-order valence-corrected chi connectivity index (χ3v) is 8.74. The van der Waals surface area contributed by atoms with Gasteiger partial charge in [-0.2, -0.15) is 0 Å². The summed E-state index contributed by atoms with van der Waals surface area (Å²) in [6, 6.07) is 19.3. The molecule has 2 aromatic carbocycles. The number of sulfonamides is 1. The summed E-state index contributed by atoms with van der Waals surface area (Å²) in [7, 11) is -3.73. The summed E-state index contributed by atoms with van der Waals surface area (Å²) < 4.78 is 33.2. The number of carbonyl (C=O) groups is 1. The lowest BCUT2D eigenvalue weighted by Crippen LogP contribution is -2.43. The summed E-state index contributed by atoms with van der Waals surface area (Å²) >= 11 is 1.67. The normalized spacial score (nSPS) is 15.6. The van der Waals surface area contributed by atoms with E-state index < -0.39 is 10.0 Å². The van der Waals surface area contributed by atoms with Gasteiger partial charge < -0.3 is 10.1 Å². The Labute approximate surface area is 205 Å². The van der Waals surface area contributed by atoms with Crippen LogP contribution in [-0.2, 0) is 14.8 Å². The number of hydrogen-bond donors (Lipinski definition) is 1. The highest BCUT2D eigenvalue weighted by Gasteiger charge is 2.25. The second kappa shape index (κ2) is 11.1. The monoisotopic (exact) mass is 499 g/mol. The summed E-state index contributed by atoms with van der Waals surface area (Å²) in [6.45, 7) is 5.58. The molecule has 9 heteroatoms. The first kappa shape index (κ1) is 24.4. The van der Waals surface area contributed by atoms with Crippen molar-refractivity contribution in [1.29, 1.82) is 0 Å². The molecule has 1 saturated heterocycles. The number of amides is 1. The highest BCUT2D eigenvalue weighted by Crippen LogP contribution is 2.26. The molecule has 0 saturated carbocycles. The van der Waals surface area contributed by atoms with Crippen LogP contribution in [0.25, 0.3) is 0 Å². The molecule has 7 nitrogen and oxygen atoms in total. The molecule has 2 heterocycles. The van der Waals surface area contributed by atoms with Crippen LogP contribution >= 0.6 is 11.3 Å². The van der Waals surface area contributed by atoms with Crippen molar-refractivity contribution in [3.8, 4) is 0 Å². The van der Waals surface area contributed by atoms with Gasteiger partial charge in [-0.1, -0.05) is 24.3 Å². The fourth-order valence-corrected chi connectivity index (χ4v) is 6.40. The van der Waals surface area contributed by atoms with Crippen molar-refractivity contribution in [3.05, 3.63) is 82.6 Å². The van der Waals surface area contributed by atoms with Crippen LogP contribution in [0.5, 0.6) is 0 Å². The number of nitrogens with zero attached hydrogens (tertiary/aromatic N) is 2. The maximum absolute atomic E-state index is 13.2. The Balaban J connectivity index is 1.45. The van der Waals surface area contributed by atoms with Crippen LogP contribution in [0, 0.1) is 0 Å². The number of carbonyl (C=O) groups excluding carboxylic acids is 1. The van der Waals surface area contributed by atoms with E-state index in [2.05, 4.69) is 16.3 Å². The van der Waals surface area contributed by atoms with Gasteiger partial charge in [0, 0.05) is 36.6 Å². The van der Waals surface area contributed by atoms with Crippen molar-refractivity contribution in [3.63, 3.8) is 0 Å². The van der Waals surface area contributed by atoms with Crippen molar-refractivity contribution in [2.45, 2.75) is 17.9 Å². The molecule has 1 amide bonds. The molecule has 1 aliphatic heterocycles. The second-order valence-corrected chi connectivity index (χ2v) is 10.8. The largest absolute Gasteiger partial charge is 0.379 e. The first-order chi connectivity index (χ1) is 16.5. The minimum absolute atomic E-state index is 0.0801. The van der Waals surface area contributed by atoms with E-state index in [1.165, 1.54) is 21.3 Å². The van der Waals surface area contributed by atoms with Gasteiger partial charge in [0.2, 0.25) is 0 Å². The smallest absolute Gasteiger partial charge is 0.264 e. The molecule has 180 valence electrons. The Morgan fingerprint density at radius 1 is 1.06 bits per heavy atom. The van der Waals surface area contributed by atoms with Gasteiger partial charge in [0.15, 0.2) is 0 Å². The average molecular weight is 500 g/mol. The third kappa shape index (κ3) is 5.50. The Morgan fingerprint density at radius 3 is 2.38 bits per heavy atom. The zero-order valence-electron chi connectivity index (χ0n) is 19.1. The lowest BCUT2D eigenvalue weighted by Gasteiger charge is -2.34. The molecular weight excluding hydrogens is 470 g/mol. The first-order valence-corrected chi connectivity index (χ1v) is 13.6. The highest BCUT2D eigenvalue weighted by atomic mass is 32.2. The van der Waals surface area contributed by atoms with Crippen LogP contribution in [0.3, 0.4) is 0 Å². The number of benzene rings is 2. The van der Waals surface area contributed by atoms with Crippen LogP contribution in [0.15, 0.2) is 77.0 Å². The summed E-state index contributed by atoms with van der Waals surface area (Å²) in [6.07, 6.45) is 0. The van der Waals surface area contributed by atoms with Gasteiger partial charge in [0.1, 0.15) is 0 Å². The van der Waals surface area contributed by atoms with Gasteiger partial charge in [-0.25, -0.2) is 8.42 Å². The Morgan fingerprint density at radius 2 is 1.76 bits per heavy atom. The number of ether oxygens (including phenoxy) is 1. The van der Waals surface area contributed by atoms with E-state index in [1.807, 2.05) is 17.5 Å². The van der Waals surface area contributed by atoms with Gasteiger partial charge in [0.25, 0.3) is 15.9 Å². The summed E-state index contributed by atoms with van der Waals surface area (Å²) in [5.41, 5.74) is 1.03. The molecule has 3 aromatic rings. The molecule has 1 aromatic heterocycles. The molecular formula is C25H29N3O4S2. The van der Waals surface area contributed by atoms with E-state index in [1.54, 1.807) is 54.7 Å². The van der Waals surface area contributed by atoms with E-state index in [0.29, 0.717) is 37.6 Å². The van der Waals surface area contributed by atoms with Crippen molar-refractivity contribution < 1.29 is 17.9 Å². The van der Waals surface area contributed by atoms with Crippen molar-refractivity contribution in [2.75, 3.05) is 43.7 Å². The number of thiophene rings is 1. The molecule has 1 unspecified atom stereocenters. The Kier molecular flexibility index (Phi) is 7.99. The Hall–Kier alpha value is -2.72. The molecule has 0 radical (unpaired) electrons. The summed E-state index contributed by atoms with van der Waals surface area (Å²) in [5.74, 6) is -0.228. The number of hydrogen-bond acceptors (Lipinski definition) is 6. The van der Waals surface area contributed by atoms with Crippen LogP contribution < -0.4 is 9.62 Å². The fourth-order valence-electron chi connectivity index (χ4n) is 4.06. The molecule has 1 N–H and O–H groups in total. The molecule has 1 atom stereocenters. The zero-order chi connectivity index (χ0) is 24.0. The molecule has 0 aliphatic carbocycles. The maximum atomic E-state index is 13.2. The number of nitrogens with one attached hydrogen (secondary N) is 1. The average Bonchev–Trinajstić information content (AvgIpc) is 3.40. The fraction of sp³-hybridized carbons (Fsp3) is 0.320. The minimum Gasteiger partial charge on any atom is -0.379 e. The quantitative estimate of drug-likeness (QED) is 0.485. The maximum Gasteiger partial charge on any atom is 0.264 e. The number of morpholine rings is 1. The molecule has 0 spiro atoms.